The maximum atomic E-state index is 5.74. The average molecular weight is 272 g/mol. The summed E-state index contributed by atoms with van der Waals surface area (Å²) in [5.74, 6) is 3.92. The van der Waals surface area contributed by atoms with E-state index in [4.69, 9.17) is 4.42 Å². The van der Waals surface area contributed by atoms with Crippen LogP contribution in [0, 0.1) is 0 Å². The molecule has 0 spiro atoms. The van der Waals surface area contributed by atoms with Gasteiger partial charge in [-0.15, -0.1) is 0 Å². The number of aromatic nitrogens is 3. The van der Waals surface area contributed by atoms with Gasteiger partial charge in [-0.3, -0.25) is 0 Å². The molecule has 0 aromatic carbocycles. The first-order valence-electron chi connectivity index (χ1n) is 7.04. The number of hydrogen-bond donors (Lipinski definition) is 1. The Morgan fingerprint density at radius 2 is 2.10 bits per heavy atom. The molecule has 2 aromatic heterocycles. The van der Waals surface area contributed by atoms with Crippen molar-refractivity contribution in [1.82, 2.24) is 15.0 Å². The Balaban J connectivity index is 1.64. The van der Waals surface area contributed by atoms with Gasteiger partial charge in [-0.2, -0.15) is 0 Å². The summed E-state index contributed by atoms with van der Waals surface area (Å²) in [4.78, 5) is 13.1. The van der Waals surface area contributed by atoms with E-state index in [1.54, 1.807) is 12.4 Å². The van der Waals surface area contributed by atoms with Crippen molar-refractivity contribution >= 4 is 5.82 Å². The molecular weight excluding hydrogens is 252 g/mol. The second-order valence-corrected chi connectivity index (χ2v) is 6.30. The second kappa shape index (κ2) is 4.89. The van der Waals surface area contributed by atoms with E-state index in [1.165, 1.54) is 12.8 Å². The minimum Gasteiger partial charge on any atom is -0.443 e. The van der Waals surface area contributed by atoms with Gasteiger partial charge in [0.15, 0.2) is 0 Å². The van der Waals surface area contributed by atoms with Crippen LogP contribution < -0.4 is 5.32 Å². The molecule has 1 aliphatic rings. The summed E-state index contributed by atoms with van der Waals surface area (Å²) in [5.41, 5.74) is -0.0146. The van der Waals surface area contributed by atoms with E-state index in [1.807, 2.05) is 6.07 Å². The lowest BCUT2D eigenvalue weighted by Gasteiger charge is -2.13. The van der Waals surface area contributed by atoms with E-state index in [0.717, 1.165) is 17.4 Å². The topological polar surface area (TPSA) is 63.8 Å². The minimum absolute atomic E-state index is 0.0146. The smallest absolute Gasteiger partial charge is 0.213 e. The van der Waals surface area contributed by atoms with E-state index in [0.29, 0.717) is 18.4 Å². The Morgan fingerprint density at radius 3 is 2.75 bits per heavy atom. The predicted octanol–water partition coefficient (Wildman–Crippen LogP) is 3.25. The molecular formula is C15H20N4O. The first-order chi connectivity index (χ1) is 9.52. The maximum absolute atomic E-state index is 5.74. The molecule has 0 amide bonds. The van der Waals surface area contributed by atoms with Crippen LogP contribution in [0.25, 0.3) is 0 Å². The fourth-order valence-electron chi connectivity index (χ4n) is 1.92. The van der Waals surface area contributed by atoms with Crippen molar-refractivity contribution in [2.24, 2.45) is 0 Å². The molecule has 1 fully saturated rings. The zero-order valence-corrected chi connectivity index (χ0v) is 12.2. The Labute approximate surface area is 118 Å². The summed E-state index contributed by atoms with van der Waals surface area (Å²) in [5, 5.41) is 3.24. The molecule has 0 aliphatic heterocycles. The molecule has 2 aromatic rings. The zero-order chi connectivity index (χ0) is 14.2. The summed E-state index contributed by atoms with van der Waals surface area (Å²) in [6.07, 6.45) is 6.02. The van der Waals surface area contributed by atoms with Crippen LogP contribution in [0.5, 0.6) is 0 Å². The van der Waals surface area contributed by atoms with Gasteiger partial charge in [0.2, 0.25) is 5.89 Å². The highest BCUT2D eigenvalue weighted by molar-refractivity contribution is 5.34. The van der Waals surface area contributed by atoms with Gasteiger partial charge >= 0.3 is 0 Å². The van der Waals surface area contributed by atoms with Gasteiger partial charge in [0.05, 0.1) is 12.7 Å². The first-order valence-corrected chi connectivity index (χ1v) is 7.04. The van der Waals surface area contributed by atoms with Crippen molar-refractivity contribution in [3.8, 4) is 0 Å². The predicted molar refractivity (Wildman–Crippen MR) is 76.5 cm³/mol. The van der Waals surface area contributed by atoms with Crippen LogP contribution in [0.2, 0.25) is 0 Å². The molecule has 0 saturated heterocycles. The van der Waals surface area contributed by atoms with Gasteiger partial charge in [-0.25, -0.2) is 15.0 Å². The summed E-state index contributed by atoms with van der Waals surface area (Å²) in [7, 11) is 0. The van der Waals surface area contributed by atoms with Crippen LogP contribution in [0.3, 0.4) is 0 Å². The largest absolute Gasteiger partial charge is 0.443 e. The minimum atomic E-state index is -0.0146. The molecule has 0 radical (unpaired) electrons. The Bertz CT molecular complexity index is 596. The monoisotopic (exact) mass is 272 g/mol. The summed E-state index contributed by atoms with van der Waals surface area (Å²) >= 11 is 0. The molecule has 0 atom stereocenters. The third-order valence-electron chi connectivity index (χ3n) is 3.33. The number of hydrogen-bond acceptors (Lipinski definition) is 5. The quantitative estimate of drug-likeness (QED) is 0.925. The molecule has 3 rings (SSSR count). The SMILES string of the molecule is CC(C)(C)c1cnc(CNc2ccnc(C3CC3)n2)o1. The molecule has 1 N–H and O–H groups in total. The third kappa shape index (κ3) is 2.98. The molecule has 1 aliphatic carbocycles. The van der Waals surface area contributed by atoms with Crippen molar-refractivity contribution in [3.63, 3.8) is 0 Å². The van der Waals surface area contributed by atoms with Crippen molar-refractivity contribution in [2.75, 3.05) is 5.32 Å². The van der Waals surface area contributed by atoms with Gasteiger partial charge in [0, 0.05) is 17.5 Å². The lowest BCUT2D eigenvalue weighted by Crippen LogP contribution is -2.09. The number of nitrogens with one attached hydrogen (secondary N) is 1. The Hall–Kier alpha value is -1.91. The lowest BCUT2D eigenvalue weighted by atomic mass is 9.94. The summed E-state index contributed by atoms with van der Waals surface area (Å²) in [6.45, 7) is 6.86. The van der Waals surface area contributed by atoms with Crippen LogP contribution in [-0.4, -0.2) is 15.0 Å². The average Bonchev–Trinajstić information content (AvgIpc) is 3.14. The van der Waals surface area contributed by atoms with Gasteiger partial charge in [0.25, 0.3) is 0 Å². The number of anilines is 1. The van der Waals surface area contributed by atoms with Crippen LogP contribution in [0.1, 0.15) is 57.0 Å². The zero-order valence-electron chi connectivity index (χ0n) is 12.2. The second-order valence-electron chi connectivity index (χ2n) is 6.30. The van der Waals surface area contributed by atoms with Crippen molar-refractivity contribution in [1.29, 1.82) is 0 Å². The van der Waals surface area contributed by atoms with Crippen LogP contribution >= 0.6 is 0 Å². The molecule has 2 heterocycles. The molecule has 106 valence electrons. The van der Waals surface area contributed by atoms with Crippen LogP contribution in [-0.2, 0) is 12.0 Å². The summed E-state index contributed by atoms with van der Waals surface area (Å²) in [6, 6.07) is 1.87. The molecule has 20 heavy (non-hydrogen) atoms. The molecule has 0 unspecified atom stereocenters. The van der Waals surface area contributed by atoms with E-state index < -0.39 is 0 Å². The standard InChI is InChI=1S/C15H20N4O/c1-15(2,3)11-8-18-13(20-11)9-17-12-6-7-16-14(19-12)10-4-5-10/h6-8,10H,4-5,9H2,1-3H3,(H,16,17,19). The van der Waals surface area contributed by atoms with Gasteiger partial charge in [-0.05, 0) is 18.9 Å². The Morgan fingerprint density at radius 1 is 1.30 bits per heavy atom. The third-order valence-corrected chi connectivity index (χ3v) is 3.33. The molecule has 5 heteroatoms. The molecule has 0 bridgehead atoms. The van der Waals surface area contributed by atoms with Gasteiger partial charge in [0.1, 0.15) is 17.4 Å². The van der Waals surface area contributed by atoms with E-state index in [2.05, 4.69) is 41.0 Å². The Kier molecular flexibility index (Phi) is 3.20. The van der Waals surface area contributed by atoms with Crippen molar-refractivity contribution < 1.29 is 4.42 Å². The van der Waals surface area contributed by atoms with Gasteiger partial charge in [-0.1, -0.05) is 20.8 Å². The highest BCUT2D eigenvalue weighted by Crippen LogP contribution is 2.38. The number of oxazole rings is 1. The fraction of sp³-hybridized carbons (Fsp3) is 0.533. The summed E-state index contributed by atoms with van der Waals surface area (Å²) < 4.78 is 5.74. The highest BCUT2D eigenvalue weighted by atomic mass is 16.4. The maximum Gasteiger partial charge on any atom is 0.213 e. The number of rotatable bonds is 4. The van der Waals surface area contributed by atoms with Crippen molar-refractivity contribution in [2.45, 2.75) is 51.5 Å². The van der Waals surface area contributed by atoms with Crippen LogP contribution in [0.4, 0.5) is 5.82 Å². The van der Waals surface area contributed by atoms with Crippen molar-refractivity contribution in [3.05, 3.63) is 35.9 Å². The lowest BCUT2D eigenvalue weighted by molar-refractivity contribution is 0.385. The van der Waals surface area contributed by atoms with Crippen LogP contribution in [0.15, 0.2) is 22.9 Å². The first kappa shape index (κ1) is 13.1. The molecule has 5 nitrogen and oxygen atoms in total. The normalized spacial score (nSPS) is 15.3. The van der Waals surface area contributed by atoms with Gasteiger partial charge < -0.3 is 9.73 Å². The molecule has 1 saturated carbocycles. The van der Waals surface area contributed by atoms with E-state index in [-0.39, 0.29) is 5.41 Å². The fourth-order valence-corrected chi connectivity index (χ4v) is 1.92. The highest BCUT2D eigenvalue weighted by Gasteiger charge is 2.26. The number of nitrogens with zero attached hydrogens (tertiary/aromatic N) is 3. The van der Waals surface area contributed by atoms with E-state index in [9.17, 15) is 0 Å². The van der Waals surface area contributed by atoms with E-state index >= 15 is 0 Å².